The molecule has 17 heavy (non-hydrogen) atoms. The van der Waals surface area contributed by atoms with E-state index in [2.05, 4.69) is 5.32 Å². The smallest absolute Gasteiger partial charge is 0.128 e. The molecule has 1 N–H and O–H groups in total. The van der Waals surface area contributed by atoms with Gasteiger partial charge in [0.05, 0.1) is 18.2 Å². The molecule has 0 aliphatic carbocycles. The molecule has 1 saturated heterocycles. The van der Waals surface area contributed by atoms with Crippen LogP contribution in [0, 0.1) is 11.6 Å². The molecule has 94 valence electrons. The second kappa shape index (κ2) is 5.10. The zero-order chi connectivity index (χ0) is 12.4. The summed E-state index contributed by atoms with van der Waals surface area (Å²) in [6, 6.07) is 3.23. The van der Waals surface area contributed by atoms with Crippen LogP contribution < -0.4 is 5.32 Å². The molecule has 1 heterocycles. The first-order valence-corrected chi connectivity index (χ1v) is 5.89. The highest BCUT2D eigenvalue weighted by Gasteiger charge is 2.31. The topological polar surface area (TPSA) is 21.3 Å². The number of rotatable bonds is 3. The molecule has 0 saturated carbocycles. The van der Waals surface area contributed by atoms with E-state index in [1.54, 1.807) is 7.05 Å². The monoisotopic (exact) mass is 241 g/mol. The third-order valence-corrected chi connectivity index (χ3v) is 3.24. The molecule has 1 aliphatic heterocycles. The SMILES string of the molecule is CNC(c1cc(F)ccc1F)C1CCC(C)O1. The van der Waals surface area contributed by atoms with E-state index in [1.165, 1.54) is 6.07 Å². The Hall–Kier alpha value is -1.00. The largest absolute Gasteiger partial charge is 0.373 e. The zero-order valence-corrected chi connectivity index (χ0v) is 10.0. The molecule has 3 atom stereocenters. The predicted octanol–water partition coefficient (Wildman–Crippen LogP) is 2.79. The summed E-state index contributed by atoms with van der Waals surface area (Å²) in [5.41, 5.74) is 0.339. The summed E-state index contributed by atoms with van der Waals surface area (Å²) < 4.78 is 32.6. The summed E-state index contributed by atoms with van der Waals surface area (Å²) in [6.45, 7) is 1.99. The fraction of sp³-hybridized carbons (Fsp3) is 0.538. The second-order valence-corrected chi connectivity index (χ2v) is 4.49. The molecule has 0 radical (unpaired) electrons. The highest BCUT2D eigenvalue weighted by Crippen LogP contribution is 2.31. The average molecular weight is 241 g/mol. The summed E-state index contributed by atoms with van der Waals surface area (Å²) in [6.07, 6.45) is 1.92. The number of benzene rings is 1. The Balaban J connectivity index is 2.25. The number of nitrogens with one attached hydrogen (secondary N) is 1. The summed E-state index contributed by atoms with van der Waals surface area (Å²) in [7, 11) is 1.74. The van der Waals surface area contributed by atoms with Crippen LogP contribution in [0.4, 0.5) is 8.78 Å². The maximum atomic E-state index is 13.7. The van der Waals surface area contributed by atoms with Crippen molar-refractivity contribution in [3.05, 3.63) is 35.4 Å². The van der Waals surface area contributed by atoms with Crippen LogP contribution in [0.5, 0.6) is 0 Å². The summed E-state index contributed by atoms with van der Waals surface area (Å²) in [5.74, 6) is -0.818. The fourth-order valence-corrected chi connectivity index (χ4v) is 2.37. The summed E-state index contributed by atoms with van der Waals surface area (Å²) in [5, 5.41) is 3.02. The van der Waals surface area contributed by atoms with Gasteiger partial charge in [-0.15, -0.1) is 0 Å². The van der Waals surface area contributed by atoms with Crippen molar-refractivity contribution in [3.8, 4) is 0 Å². The zero-order valence-electron chi connectivity index (χ0n) is 10.0. The molecule has 4 heteroatoms. The second-order valence-electron chi connectivity index (χ2n) is 4.49. The predicted molar refractivity (Wildman–Crippen MR) is 61.7 cm³/mol. The van der Waals surface area contributed by atoms with Crippen molar-refractivity contribution in [1.82, 2.24) is 5.32 Å². The van der Waals surface area contributed by atoms with Crippen LogP contribution in [0.15, 0.2) is 18.2 Å². The van der Waals surface area contributed by atoms with E-state index in [9.17, 15) is 8.78 Å². The van der Waals surface area contributed by atoms with Crippen molar-refractivity contribution in [2.75, 3.05) is 7.05 Å². The van der Waals surface area contributed by atoms with Gasteiger partial charge >= 0.3 is 0 Å². The van der Waals surface area contributed by atoms with E-state index < -0.39 is 11.6 Å². The molecule has 0 amide bonds. The lowest BCUT2D eigenvalue weighted by atomic mass is 9.98. The van der Waals surface area contributed by atoms with Crippen LogP contribution in [-0.4, -0.2) is 19.3 Å². The van der Waals surface area contributed by atoms with Crippen molar-refractivity contribution < 1.29 is 13.5 Å². The van der Waals surface area contributed by atoms with Crippen LogP contribution >= 0.6 is 0 Å². The van der Waals surface area contributed by atoms with Gasteiger partial charge in [0.15, 0.2) is 0 Å². The minimum Gasteiger partial charge on any atom is -0.373 e. The van der Waals surface area contributed by atoms with Crippen molar-refractivity contribution >= 4 is 0 Å². The van der Waals surface area contributed by atoms with Crippen LogP contribution in [0.2, 0.25) is 0 Å². The highest BCUT2D eigenvalue weighted by atomic mass is 19.1. The van der Waals surface area contributed by atoms with Gasteiger partial charge in [0, 0.05) is 5.56 Å². The average Bonchev–Trinajstić information content (AvgIpc) is 2.71. The molecule has 0 spiro atoms. The normalized spacial score (nSPS) is 26.1. The van der Waals surface area contributed by atoms with Gasteiger partial charge in [0.1, 0.15) is 11.6 Å². The maximum Gasteiger partial charge on any atom is 0.128 e. The van der Waals surface area contributed by atoms with Gasteiger partial charge < -0.3 is 10.1 Å². The summed E-state index contributed by atoms with van der Waals surface area (Å²) >= 11 is 0. The lowest BCUT2D eigenvalue weighted by Crippen LogP contribution is -2.30. The molecule has 2 rings (SSSR count). The van der Waals surface area contributed by atoms with E-state index in [-0.39, 0.29) is 18.2 Å². The van der Waals surface area contributed by atoms with Gasteiger partial charge in [0.25, 0.3) is 0 Å². The molecule has 1 fully saturated rings. The minimum atomic E-state index is -0.423. The third kappa shape index (κ3) is 2.64. The molecular weight excluding hydrogens is 224 g/mol. The molecule has 1 aliphatic rings. The molecule has 2 nitrogen and oxygen atoms in total. The molecule has 0 bridgehead atoms. The first kappa shape index (κ1) is 12.5. The Bertz CT molecular complexity index is 397. The van der Waals surface area contributed by atoms with E-state index in [4.69, 9.17) is 4.74 Å². The van der Waals surface area contributed by atoms with Crippen LogP contribution in [-0.2, 0) is 4.74 Å². The Morgan fingerprint density at radius 3 is 2.71 bits per heavy atom. The van der Waals surface area contributed by atoms with E-state index in [1.807, 2.05) is 6.92 Å². The highest BCUT2D eigenvalue weighted by molar-refractivity contribution is 5.23. The lowest BCUT2D eigenvalue weighted by Gasteiger charge is -2.24. The maximum absolute atomic E-state index is 13.7. The minimum absolute atomic E-state index is 0.0914. The fourth-order valence-electron chi connectivity index (χ4n) is 2.37. The first-order chi connectivity index (χ1) is 8.11. The summed E-state index contributed by atoms with van der Waals surface area (Å²) in [4.78, 5) is 0. The molecule has 3 unspecified atom stereocenters. The first-order valence-electron chi connectivity index (χ1n) is 5.89. The molecule has 1 aromatic carbocycles. The Labute approximate surface area is 100.0 Å². The van der Waals surface area contributed by atoms with Crippen LogP contribution in [0.3, 0.4) is 0 Å². The van der Waals surface area contributed by atoms with Gasteiger partial charge in [-0.1, -0.05) is 0 Å². The number of halogens is 2. The van der Waals surface area contributed by atoms with Crippen molar-refractivity contribution in [3.63, 3.8) is 0 Å². The Morgan fingerprint density at radius 2 is 2.12 bits per heavy atom. The van der Waals surface area contributed by atoms with Gasteiger partial charge in [-0.2, -0.15) is 0 Å². The van der Waals surface area contributed by atoms with E-state index >= 15 is 0 Å². The van der Waals surface area contributed by atoms with Crippen molar-refractivity contribution in [2.24, 2.45) is 0 Å². The van der Waals surface area contributed by atoms with Crippen molar-refractivity contribution in [2.45, 2.75) is 38.0 Å². The van der Waals surface area contributed by atoms with Crippen LogP contribution in [0.1, 0.15) is 31.4 Å². The van der Waals surface area contributed by atoms with Gasteiger partial charge in [-0.3, -0.25) is 0 Å². The van der Waals surface area contributed by atoms with E-state index in [0.717, 1.165) is 25.0 Å². The van der Waals surface area contributed by atoms with Crippen molar-refractivity contribution in [1.29, 1.82) is 0 Å². The number of hydrogen-bond donors (Lipinski definition) is 1. The standard InChI is InChI=1S/C13H17F2NO/c1-8-3-6-12(17-8)13(16-2)10-7-9(14)4-5-11(10)15/h4-5,7-8,12-13,16H,3,6H2,1-2H3. The molecule has 0 aromatic heterocycles. The third-order valence-electron chi connectivity index (χ3n) is 3.24. The number of ether oxygens (including phenoxy) is 1. The Kier molecular flexibility index (Phi) is 3.74. The van der Waals surface area contributed by atoms with Gasteiger partial charge in [0.2, 0.25) is 0 Å². The quantitative estimate of drug-likeness (QED) is 0.878. The lowest BCUT2D eigenvalue weighted by molar-refractivity contribution is 0.0325. The van der Waals surface area contributed by atoms with E-state index in [0.29, 0.717) is 5.56 Å². The number of hydrogen-bond acceptors (Lipinski definition) is 2. The molecular formula is C13H17F2NO. The molecule has 1 aromatic rings. The Morgan fingerprint density at radius 1 is 1.35 bits per heavy atom. The van der Waals surface area contributed by atoms with Gasteiger partial charge in [-0.25, -0.2) is 8.78 Å². The van der Waals surface area contributed by atoms with Crippen LogP contribution in [0.25, 0.3) is 0 Å². The van der Waals surface area contributed by atoms with Gasteiger partial charge in [-0.05, 0) is 45.0 Å². The number of likely N-dealkylation sites (N-methyl/N-ethyl adjacent to an activating group) is 1.